The van der Waals surface area contributed by atoms with Crippen LogP contribution in [-0.2, 0) is 4.79 Å². The predicted octanol–water partition coefficient (Wildman–Crippen LogP) is 1.12. The molecule has 0 saturated heterocycles. The van der Waals surface area contributed by atoms with Crippen LogP contribution in [0, 0.1) is 0 Å². The van der Waals surface area contributed by atoms with E-state index in [0.717, 1.165) is 18.5 Å². The number of carbonyl (C=O) groups excluding carboxylic acids is 1. The first-order valence-electron chi connectivity index (χ1n) is 6.60. The summed E-state index contributed by atoms with van der Waals surface area (Å²) in [7, 11) is 0. The van der Waals surface area contributed by atoms with E-state index < -0.39 is 6.04 Å². The van der Waals surface area contributed by atoms with Gasteiger partial charge in [0.15, 0.2) is 0 Å². The van der Waals surface area contributed by atoms with Gasteiger partial charge in [0.25, 0.3) is 0 Å². The Morgan fingerprint density at radius 1 is 1.40 bits per heavy atom. The largest absolute Gasteiger partial charge is 0.325 e. The van der Waals surface area contributed by atoms with Gasteiger partial charge in [-0.25, -0.2) is 4.68 Å². The normalized spacial score (nSPS) is 12.1. The Balaban J connectivity index is 1.95. The van der Waals surface area contributed by atoms with Crippen molar-refractivity contribution < 1.29 is 4.79 Å². The molecule has 7 heteroatoms. The molecule has 0 aliphatic carbocycles. The second-order valence-electron chi connectivity index (χ2n) is 4.54. The van der Waals surface area contributed by atoms with Crippen molar-refractivity contribution in [2.45, 2.75) is 32.2 Å². The van der Waals surface area contributed by atoms with Gasteiger partial charge in [0.05, 0.1) is 11.7 Å². The summed E-state index contributed by atoms with van der Waals surface area (Å²) in [5, 5.41) is 13.7. The van der Waals surface area contributed by atoms with Crippen molar-refractivity contribution in [3.63, 3.8) is 0 Å². The molecular formula is C13H18N6O. The van der Waals surface area contributed by atoms with Crippen LogP contribution in [0.2, 0.25) is 0 Å². The maximum Gasteiger partial charge on any atom is 0.241 e. The van der Waals surface area contributed by atoms with Gasteiger partial charge >= 0.3 is 0 Å². The Kier molecular flexibility index (Phi) is 4.78. The molecule has 0 aliphatic rings. The first kappa shape index (κ1) is 14.1. The minimum Gasteiger partial charge on any atom is -0.325 e. The number of carbonyl (C=O) groups is 1. The molecule has 2 aromatic rings. The average molecular weight is 274 g/mol. The molecule has 20 heavy (non-hydrogen) atoms. The third-order valence-electron chi connectivity index (χ3n) is 2.95. The van der Waals surface area contributed by atoms with E-state index in [1.165, 1.54) is 6.33 Å². The van der Waals surface area contributed by atoms with Crippen molar-refractivity contribution in [1.29, 1.82) is 0 Å². The zero-order valence-corrected chi connectivity index (χ0v) is 11.4. The fraction of sp³-hybridized carbons (Fsp3) is 0.385. The first-order chi connectivity index (χ1) is 9.70. The van der Waals surface area contributed by atoms with E-state index in [0.29, 0.717) is 12.1 Å². The fourth-order valence-corrected chi connectivity index (χ4v) is 1.77. The van der Waals surface area contributed by atoms with Crippen LogP contribution in [0.1, 0.15) is 26.2 Å². The number of unbranched alkanes of at least 4 members (excludes halogenated alkanes) is 1. The SMILES string of the molecule is CCCCC(N)C(=O)Nc1ccc(-n2cnnn2)cc1. The number of amides is 1. The second kappa shape index (κ2) is 6.76. The maximum atomic E-state index is 11.9. The minimum absolute atomic E-state index is 0.159. The topological polar surface area (TPSA) is 98.7 Å². The quantitative estimate of drug-likeness (QED) is 0.822. The van der Waals surface area contributed by atoms with Gasteiger partial charge in [0.1, 0.15) is 6.33 Å². The number of nitrogens with two attached hydrogens (primary N) is 1. The van der Waals surface area contributed by atoms with Gasteiger partial charge in [-0.1, -0.05) is 19.8 Å². The number of nitrogens with zero attached hydrogens (tertiary/aromatic N) is 4. The van der Waals surface area contributed by atoms with Crippen molar-refractivity contribution in [2.24, 2.45) is 5.73 Å². The fourth-order valence-electron chi connectivity index (χ4n) is 1.77. The molecule has 1 atom stereocenters. The standard InChI is InChI=1S/C13H18N6O/c1-2-3-4-12(14)13(20)16-10-5-7-11(8-6-10)19-9-15-17-18-19/h5-9,12H,2-4,14H2,1H3,(H,16,20). The highest BCUT2D eigenvalue weighted by Gasteiger charge is 2.12. The molecule has 1 heterocycles. The number of tetrazole rings is 1. The second-order valence-corrected chi connectivity index (χ2v) is 4.54. The number of hydrogen-bond acceptors (Lipinski definition) is 5. The van der Waals surface area contributed by atoms with Crippen LogP contribution < -0.4 is 11.1 Å². The van der Waals surface area contributed by atoms with Crippen LogP contribution in [-0.4, -0.2) is 32.2 Å². The molecule has 3 N–H and O–H groups in total. The van der Waals surface area contributed by atoms with Crippen LogP contribution in [0.15, 0.2) is 30.6 Å². The summed E-state index contributed by atoms with van der Waals surface area (Å²) in [6, 6.07) is 6.77. The molecule has 7 nitrogen and oxygen atoms in total. The van der Waals surface area contributed by atoms with Crippen LogP contribution in [0.4, 0.5) is 5.69 Å². The summed E-state index contributed by atoms with van der Waals surface area (Å²) in [4.78, 5) is 11.9. The Bertz CT molecular complexity index is 536. The zero-order chi connectivity index (χ0) is 14.4. The molecule has 106 valence electrons. The van der Waals surface area contributed by atoms with E-state index in [4.69, 9.17) is 5.73 Å². The molecule has 0 radical (unpaired) electrons. The van der Waals surface area contributed by atoms with E-state index in [1.807, 2.05) is 12.1 Å². The number of nitrogens with one attached hydrogen (secondary N) is 1. The molecule has 2 rings (SSSR count). The van der Waals surface area contributed by atoms with Crippen molar-refractivity contribution in [2.75, 3.05) is 5.32 Å². The minimum atomic E-state index is -0.464. The number of hydrogen-bond donors (Lipinski definition) is 2. The molecule has 0 spiro atoms. The van der Waals surface area contributed by atoms with E-state index in [2.05, 4.69) is 27.8 Å². The molecule has 1 unspecified atom stereocenters. The molecule has 1 aromatic heterocycles. The Morgan fingerprint density at radius 3 is 2.75 bits per heavy atom. The number of anilines is 1. The van der Waals surface area contributed by atoms with E-state index in [1.54, 1.807) is 16.8 Å². The van der Waals surface area contributed by atoms with Gasteiger partial charge in [-0.05, 0) is 41.1 Å². The Hall–Kier alpha value is -2.28. The lowest BCUT2D eigenvalue weighted by Gasteiger charge is -2.12. The summed E-state index contributed by atoms with van der Waals surface area (Å²) in [5.74, 6) is -0.159. The van der Waals surface area contributed by atoms with Crippen molar-refractivity contribution in [1.82, 2.24) is 20.2 Å². The highest BCUT2D eigenvalue weighted by Crippen LogP contribution is 2.12. The Morgan fingerprint density at radius 2 is 2.15 bits per heavy atom. The summed E-state index contributed by atoms with van der Waals surface area (Å²) in [6.45, 7) is 2.07. The van der Waals surface area contributed by atoms with Gasteiger partial charge in [-0.15, -0.1) is 5.10 Å². The van der Waals surface area contributed by atoms with E-state index in [9.17, 15) is 4.79 Å². The average Bonchev–Trinajstić information content (AvgIpc) is 2.99. The monoisotopic (exact) mass is 274 g/mol. The third-order valence-corrected chi connectivity index (χ3v) is 2.95. The molecule has 0 saturated carbocycles. The van der Waals surface area contributed by atoms with Crippen LogP contribution in [0.5, 0.6) is 0 Å². The maximum absolute atomic E-state index is 11.9. The molecule has 0 aliphatic heterocycles. The number of aromatic nitrogens is 4. The van der Waals surface area contributed by atoms with Gasteiger partial charge in [-0.3, -0.25) is 4.79 Å². The molecule has 0 bridgehead atoms. The summed E-state index contributed by atoms with van der Waals surface area (Å²) in [6.07, 6.45) is 4.19. The van der Waals surface area contributed by atoms with Gasteiger partial charge in [0.2, 0.25) is 5.91 Å². The summed E-state index contributed by atoms with van der Waals surface area (Å²) < 4.78 is 1.54. The van der Waals surface area contributed by atoms with Crippen molar-refractivity contribution >= 4 is 11.6 Å². The Labute approximate surface area is 117 Å². The van der Waals surface area contributed by atoms with Crippen LogP contribution >= 0.6 is 0 Å². The highest BCUT2D eigenvalue weighted by molar-refractivity contribution is 5.94. The summed E-state index contributed by atoms with van der Waals surface area (Å²) >= 11 is 0. The third kappa shape index (κ3) is 3.61. The van der Waals surface area contributed by atoms with E-state index in [-0.39, 0.29) is 5.91 Å². The predicted molar refractivity (Wildman–Crippen MR) is 75.3 cm³/mol. The molecule has 0 fully saturated rings. The summed E-state index contributed by atoms with van der Waals surface area (Å²) in [5.41, 5.74) is 7.35. The molecule has 1 amide bonds. The van der Waals surface area contributed by atoms with Crippen LogP contribution in [0.3, 0.4) is 0 Å². The molecule has 1 aromatic carbocycles. The lowest BCUT2D eigenvalue weighted by Crippen LogP contribution is -2.35. The highest BCUT2D eigenvalue weighted by atomic mass is 16.2. The van der Waals surface area contributed by atoms with Crippen LogP contribution in [0.25, 0.3) is 5.69 Å². The van der Waals surface area contributed by atoms with Crippen molar-refractivity contribution in [3.05, 3.63) is 30.6 Å². The zero-order valence-electron chi connectivity index (χ0n) is 11.4. The first-order valence-corrected chi connectivity index (χ1v) is 6.60. The van der Waals surface area contributed by atoms with E-state index >= 15 is 0 Å². The van der Waals surface area contributed by atoms with Gasteiger partial charge < -0.3 is 11.1 Å². The lowest BCUT2D eigenvalue weighted by atomic mass is 10.1. The molecular weight excluding hydrogens is 256 g/mol. The lowest BCUT2D eigenvalue weighted by molar-refractivity contribution is -0.117. The van der Waals surface area contributed by atoms with Gasteiger partial charge in [0, 0.05) is 5.69 Å². The number of benzene rings is 1. The smallest absolute Gasteiger partial charge is 0.241 e. The van der Waals surface area contributed by atoms with Gasteiger partial charge in [-0.2, -0.15) is 0 Å². The van der Waals surface area contributed by atoms with Crippen molar-refractivity contribution in [3.8, 4) is 5.69 Å². The number of rotatable bonds is 6.